The topological polar surface area (TPSA) is 50.7 Å². The predicted octanol–water partition coefficient (Wildman–Crippen LogP) is 4.31. The number of ether oxygens (including phenoxy) is 1. The van der Waals surface area contributed by atoms with Crippen molar-refractivity contribution in [1.29, 1.82) is 0 Å². The number of nitrogens with one attached hydrogen (secondary N) is 1. The van der Waals surface area contributed by atoms with Gasteiger partial charge >= 0.3 is 0 Å². The maximum absolute atomic E-state index is 12.1. The maximum atomic E-state index is 12.1. The third-order valence-electron chi connectivity index (χ3n) is 3.62. The molecule has 2 rings (SSSR count). The lowest BCUT2D eigenvalue weighted by Gasteiger charge is -2.18. The van der Waals surface area contributed by atoms with Gasteiger partial charge in [-0.15, -0.1) is 0 Å². The van der Waals surface area contributed by atoms with Crippen LogP contribution in [-0.4, -0.2) is 18.7 Å². The van der Waals surface area contributed by atoms with Crippen molar-refractivity contribution in [3.05, 3.63) is 77.9 Å². The average molecular weight is 336 g/mol. The van der Waals surface area contributed by atoms with E-state index in [4.69, 9.17) is 4.74 Å². The number of hydrogen-bond acceptors (Lipinski definition) is 3. The van der Waals surface area contributed by atoms with Crippen LogP contribution in [-0.2, 0) is 5.41 Å². The summed E-state index contributed by atoms with van der Waals surface area (Å²) in [5, 5.41) is 4.01. The predicted molar refractivity (Wildman–Crippen MR) is 102 cm³/mol. The molecular formula is C21H24N2O2. The lowest BCUT2D eigenvalue weighted by molar-refractivity contribution is 0.0955. The van der Waals surface area contributed by atoms with Gasteiger partial charge in [-0.3, -0.25) is 4.79 Å². The lowest BCUT2D eigenvalue weighted by Crippen LogP contribution is -2.18. The molecule has 0 fully saturated rings. The second kappa shape index (κ2) is 8.29. The van der Waals surface area contributed by atoms with Crippen LogP contribution in [0.5, 0.6) is 5.75 Å². The van der Waals surface area contributed by atoms with Crippen molar-refractivity contribution >= 4 is 12.1 Å². The molecule has 0 radical (unpaired) electrons. The zero-order chi connectivity index (χ0) is 18.3. The Morgan fingerprint density at radius 1 is 1.20 bits per heavy atom. The van der Waals surface area contributed by atoms with E-state index in [-0.39, 0.29) is 11.3 Å². The van der Waals surface area contributed by atoms with Gasteiger partial charge in [0.15, 0.2) is 0 Å². The van der Waals surface area contributed by atoms with Crippen molar-refractivity contribution in [2.75, 3.05) is 6.61 Å². The Labute approximate surface area is 149 Å². The van der Waals surface area contributed by atoms with Crippen LogP contribution in [0.3, 0.4) is 0 Å². The van der Waals surface area contributed by atoms with E-state index in [2.05, 4.69) is 37.9 Å². The summed E-state index contributed by atoms with van der Waals surface area (Å²) in [6, 6.07) is 15.0. The minimum absolute atomic E-state index is 0.0614. The molecule has 0 aliphatic rings. The summed E-state index contributed by atoms with van der Waals surface area (Å²) in [4.78, 5) is 12.1. The number of amides is 1. The SMILES string of the molecule is C=CCOc1cccc(/C=N\NC(=O)c2ccc(C(C)(C)C)cc2)c1. The van der Waals surface area contributed by atoms with Crippen molar-refractivity contribution in [1.82, 2.24) is 5.43 Å². The Kier molecular flexibility index (Phi) is 6.12. The summed E-state index contributed by atoms with van der Waals surface area (Å²) in [6.07, 6.45) is 3.27. The standard InChI is InChI=1S/C21H24N2O2/c1-5-13-25-19-8-6-7-16(14-19)15-22-23-20(24)17-9-11-18(12-10-17)21(2,3)4/h5-12,14-15H,1,13H2,2-4H3,(H,23,24)/b22-15-. The van der Waals surface area contributed by atoms with E-state index in [1.54, 1.807) is 12.3 Å². The molecule has 2 aromatic carbocycles. The zero-order valence-electron chi connectivity index (χ0n) is 15.0. The van der Waals surface area contributed by atoms with Gasteiger partial charge in [0.1, 0.15) is 12.4 Å². The fraction of sp³-hybridized carbons (Fsp3) is 0.238. The highest BCUT2D eigenvalue weighted by Gasteiger charge is 2.14. The van der Waals surface area contributed by atoms with Crippen LogP contribution in [0.25, 0.3) is 0 Å². The third-order valence-corrected chi connectivity index (χ3v) is 3.62. The first-order chi connectivity index (χ1) is 11.9. The minimum atomic E-state index is -0.240. The van der Waals surface area contributed by atoms with Gasteiger partial charge in [-0.25, -0.2) is 5.43 Å². The number of rotatable bonds is 6. The molecule has 130 valence electrons. The summed E-state index contributed by atoms with van der Waals surface area (Å²) in [6.45, 7) is 10.5. The summed E-state index contributed by atoms with van der Waals surface area (Å²) >= 11 is 0. The smallest absolute Gasteiger partial charge is 0.271 e. The van der Waals surface area contributed by atoms with Gasteiger partial charge in [-0.1, -0.05) is 57.7 Å². The Balaban J connectivity index is 1.97. The average Bonchev–Trinajstić information content (AvgIpc) is 2.59. The van der Waals surface area contributed by atoms with E-state index < -0.39 is 0 Å². The number of carbonyl (C=O) groups is 1. The largest absolute Gasteiger partial charge is 0.490 e. The van der Waals surface area contributed by atoms with E-state index in [1.807, 2.05) is 48.5 Å². The molecule has 0 heterocycles. The van der Waals surface area contributed by atoms with Crippen molar-refractivity contribution < 1.29 is 9.53 Å². The highest BCUT2D eigenvalue weighted by molar-refractivity contribution is 5.94. The molecule has 1 amide bonds. The Morgan fingerprint density at radius 3 is 2.56 bits per heavy atom. The van der Waals surface area contributed by atoms with Crippen molar-refractivity contribution in [3.63, 3.8) is 0 Å². The minimum Gasteiger partial charge on any atom is -0.490 e. The van der Waals surface area contributed by atoms with Gasteiger partial charge in [0, 0.05) is 5.56 Å². The Bertz CT molecular complexity index is 756. The highest BCUT2D eigenvalue weighted by atomic mass is 16.5. The summed E-state index contributed by atoms with van der Waals surface area (Å²) in [5.41, 5.74) is 5.20. The van der Waals surface area contributed by atoms with Gasteiger partial charge in [0.2, 0.25) is 0 Å². The monoisotopic (exact) mass is 336 g/mol. The first-order valence-corrected chi connectivity index (χ1v) is 8.18. The molecular weight excluding hydrogens is 312 g/mol. The second-order valence-electron chi connectivity index (χ2n) is 6.70. The van der Waals surface area contributed by atoms with E-state index in [9.17, 15) is 4.79 Å². The molecule has 0 saturated heterocycles. The molecule has 0 aromatic heterocycles. The molecule has 0 aliphatic carbocycles. The van der Waals surface area contributed by atoms with Crippen molar-refractivity contribution in [2.45, 2.75) is 26.2 Å². The zero-order valence-corrected chi connectivity index (χ0v) is 15.0. The second-order valence-corrected chi connectivity index (χ2v) is 6.70. The van der Waals surface area contributed by atoms with Crippen LogP contribution in [0, 0.1) is 0 Å². The van der Waals surface area contributed by atoms with Gasteiger partial charge in [0.25, 0.3) is 5.91 Å². The summed E-state index contributed by atoms with van der Waals surface area (Å²) < 4.78 is 5.46. The van der Waals surface area contributed by atoms with E-state index in [0.29, 0.717) is 12.2 Å². The van der Waals surface area contributed by atoms with Gasteiger partial charge in [0.05, 0.1) is 6.21 Å². The van der Waals surface area contributed by atoms with Crippen LogP contribution in [0.4, 0.5) is 0 Å². The molecule has 4 heteroatoms. The summed E-state index contributed by atoms with van der Waals surface area (Å²) in [7, 11) is 0. The lowest BCUT2D eigenvalue weighted by atomic mass is 9.87. The van der Waals surface area contributed by atoms with E-state index in [1.165, 1.54) is 5.56 Å². The molecule has 1 N–H and O–H groups in total. The van der Waals surface area contributed by atoms with Gasteiger partial charge in [-0.2, -0.15) is 5.10 Å². The number of hydrogen-bond donors (Lipinski definition) is 1. The normalized spacial score (nSPS) is 11.3. The summed E-state index contributed by atoms with van der Waals surface area (Å²) in [5.74, 6) is 0.490. The maximum Gasteiger partial charge on any atom is 0.271 e. The van der Waals surface area contributed by atoms with Crippen LogP contribution >= 0.6 is 0 Å². The molecule has 0 unspecified atom stereocenters. The van der Waals surface area contributed by atoms with Crippen molar-refractivity contribution in [3.8, 4) is 5.75 Å². The van der Waals surface area contributed by atoms with E-state index >= 15 is 0 Å². The molecule has 0 bridgehead atoms. The Hall–Kier alpha value is -2.88. The first-order valence-electron chi connectivity index (χ1n) is 8.18. The quantitative estimate of drug-likeness (QED) is 0.485. The Morgan fingerprint density at radius 2 is 1.92 bits per heavy atom. The molecule has 25 heavy (non-hydrogen) atoms. The number of hydrazone groups is 1. The third kappa shape index (κ3) is 5.60. The van der Waals surface area contributed by atoms with Gasteiger partial charge in [-0.05, 0) is 40.8 Å². The number of benzene rings is 2. The molecule has 4 nitrogen and oxygen atoms in total. The van der Waals surface area contributed by atoms with Crippen LogP contribution in [0.1, 0.15) is 42.3 Å². The molecule has 2 aromatic rings. The fourth-order valence-electron chi connectivity index (χ4n) is 2.19. The van der Waals surface area contributed by atoms with Crippen LogP contribution in [0.15, 0.2) is 66.3 Å². The van der Waals surface area contributed by atoms with Crippen LogP contribution < -0.4 is 10.2 Å². The van der Waals surface area contributed by atoms with Crippen LogP contribution in [0.2, 0.25) is 0 Å². The molecule has 0 spiro atoms. The molecule has 0 aliphatic heterocycles. The van der Waals surface area contributed by atoms with Crippen molar-refractivity contribution in [2.24, 2.45) is 5.10 Å². The molecule has 0 saturated carbocycles. The number of carbonyl (C=O) groups excluding carboxylic acids is 1. The fourth-order valence-corrected chi connectivity index (χ4v) is 2.19. The molecule has 0 atom stereocenters. The first kappa shape index (κ1) is 18.5. The number of nitrogens with zero attached hydrogens (tertiary/aromatic N) is 1. The highest BCUT2D eigenvalue weighted by Crippen LogP contribution is 2.22. The van der Waals surface area contributed by atoms with Gasteiger partial charge < -0.3 is 4.74 Å². The van der Waals surface area contributed by atoms with E-state index in [0.717, 1.165) is 11.3 Å².